The van der Waals surface area contributed by atoms with E-state index in [2.05, 4.69) is 44.2 Å². The molecule has 3 saturated heterocycles. The van der Waals surface area contributed by atoms with E-state index in [9.17, 15) is 0 Å². The van der Waals surface area contributed by atoms with Crippen LogP contribution in [0.15, 0.2) is 18.3 Å². The van der Waals surface area contributed by atoms with Gasteiger partial charge in [-0.15, -0.1) is 10.2 Å². The third kappa shape index (κ3) is 3.31. The summed E-state index contributed by atoms with van der Waals surface area (Å²) in [5.41, 5.74) is 3.07. The standard InChI is InChI=1S/C21H30N6O/c1-15-11-22-25(2)21(15)18-3-4-20(24-23-18)27-8-5-17-13-26(14-19(17)27)12-16-6-9-28-10-7-16/h3-4,11,16-17,19H,5-10,12-14H2,1-2H3. The highest BCUT2D eigenvalue weighted by Crippen LogP contribution is 2.35. The molecule has 0 bridgehead atoms. The summed E-state index contributed by atoms with van der Waals surface area (Å²) < 4.78 is 7.39. The van der Waals surface area contributed by atoms with Gasteiger partial charge in [0, 0.05) is 52.5 Å². The summed E-state index contributed by atoms with van der Waals surface area (Å²) in [5.74, 6) is 2.59. The van der Waals surface area contributed by atoms with E-state index in [-0.39, 0.29) is 0 Å². The maximum Gasteiger partial charge on any atom is 0.151 e. The lowest BCUT2D eigenvalue weighted by Gasteiger charge is -2.29. The van der Waals surface area contributed by atoms with Gasteiger partial charge in [0.2, 0.25) is 0 Å². The molecule has 5 heterocycles. The molecule has 0 aliphatic carbocycles. The van der Waals surface area contributed by atoms with Gasteiger partial charge in [-0.05, 0) is 55.7 Å². The molecule has 3 aliphatic rings. The van der Waals surface area contributed by atoms with Crippen molar-refractivity contribution < 1.29 is 4.74 Å². The molecule has 0 saturated carbocycles. The van der Waals surface area contributed by atoms with Crippen LogP contribution in [0.1, 0.15) is 24.8 Å². The van der Waals surface area contributed by atoms with Crippen molar-refractivity contribution in [1.29, 1.82) is 0 Å². The minimum absolute atomic E-state index is 0.582. The Bertz CT molecular complexity index is 793. The molecule has 0 N–H and O–H groups in total. The number of ether oxygens (including phenoxy) is 1. The lowest BCUT2D eigenvalue weighted by molar-refractivity contribution is 0.0548. The van der Waals surface area contributed by atoms with E-state index in [1.54, 1.807) is 0 Å². The zero-order chi connectivity index (χ0) is 19.1. The average Bonchev–Trinajstić information content (AvgIpc) is 3.37. The highest BCUT2D eigenvalue weighted by atomic mass is 16.5. The summed E-state index contributed by atoms with van der Waals surface area (Å²) in [6.07, 6.45) is 5.58. The molecule has 150 valence electrons. The molecule has 3 fully saturated rings. The van der Waals surface area contributed by atoms with E-state index in [0.29, 0.717) is 6.04 Å². The van der Waals surface area contributed by atoms with E-state index in [1.807, 2.05) is 17.9 Å². The van der Waals surface area contributed by atoms with Gasteiger partial charge in [0.1, 0.15) is 5.69 Å². The van der Waals surface area contributed by atoms with Crippen LogP contribution in [0.2, 0.25) is 0 Å². The Morgan fingerprint density at radius 1 is 1.11 bits per heavy atom. The third-order valence-electron chi connectivity index (χ3n) is 6.79. The zero-order valence-corrected chi connectivity index (χ0v) is 16.9. The van der Waals surface area contributed by atoms with Crippen LogP contribution in [0, 0.1) is 18.8 Å². The molecule has 3 aliphatic heterocycles. The number of hydrogen-bond donors (Lipinski definition) is 0. The summed E-state index contributed by atoms with van der Waals surface area (Å²) >= 11 is 0. The molecule has 5 rings (SSSR count). The van der Waals surface area contributed by atoms with Crippen LogP contribution >= 0.6 is 0 Å². The maximum absolute atomic E-state index is 5.52. The second kappa shape index (κ2) is 7.44. The van der Waals surface area contributed by atoms with Crippen molar-refractivity contribution >= 4 is 5.82 Å². The van der Waals surface area contributed by atoms with Crippen LogP contribution in [-0.2, 0) is 11.8 Å². The fourth-order valence-electron chi connectivity index (χ4n) is 5.30. The first-order valence-corrected chi connectivity index (χ1v) is 10.6. The van der Waals surface area contributed by atoms with Crippen LogP contribution < -0.4 is 4.90 Å². The maximum atomic E-state index is 5.52. The molecule has 0 spiro atoms. The fourth-order valence-corrected chi connectivity index (χ4v) is 5.30. The van der Waals surface area contributed by atoms with Gasteiger partial charge in [0.15, 0.2) is 5.82 Å². The first-order valence-electron chi connectivity index (χ1n) is 10.6. The molecule has 0 aromatic carbocycles. The average molecular weight is 383 g/mol. The Labute approximate surface area is 166 Å². The Morgan fingerprint density at radius 3 is 2.68 bits per heavy atom. The first kappa shape index (κ1) is 18.1. The number of fused-ring (bicyclic) bond motifs is 1. The minimum atomic E-state index is 0.582. The highest BCUT2D eigenvalue weighted by Gasteiger charge is 2.42. The van der Waals surface area contributed by atoms with Crippen LogP contribution in [-0.4, -0.2) is 70.3 Å². The monoisotopic (exact) mass is 382 g/mol. The molecule has 28 heavy (non-hydrogen) atoms. The van der Waals surface area contributed by atoms with Gasteiger partial charge in [-0.25, -0.2) is 0 Å². The fraction of sp³-hybridized carbons (Fsp3) is 0.667. The normalized spacial score (nSPS) is 26.1. The van der Waals surface area contributed by atoms with Gasteiger partial charge >= 0.3 is 0 Å². The smallest absolute Gasteiger partial charge is 0.151 e. The van der Waals surface area contributed by atoms with E-state index in [1.165, 1.54) is 32.4 Å². The minimum Gasteiger partial charge on any atom is -0.381 e. The quantitative estimate of drug-likeness (QED) is 0.807. The third-order valence-corrected chi connectivity index (χ3v) is 6.79. The van der Waals surface area contributed by atoms with Crippen molar-refractivity contribution in [2.24, 2.45) is 18.9 Å². The van der Waals surface area contributed by atoms with Gasteiger partial charge < -0.3 is 14.5 Å². The lowest BCUT2D eigenvalue weighted by Crippen LogP contribution is -2.37. The van der Waals surface area contributed by atoms with Crippen LogP contribution in [0.3, 0.4) is 0 Å². The molecule has 0 amide bonds. The van der Waals surface area contributed by atoms with Gasteiger partial charge in [-0.2, -0.15) is 5.10 Å². The van der Waals surface area contributed by atoms with Gasteiger partial charge in [0.25, 0.3) is 0 Å². The highest BCUT2D eigenvalue weighted by molar-refractivity contribution is 5.59. The summed E-state index contributed by atoms with van der Waals surface area (Å²) in [4.78, 5) is 5.17. The van der Waals surface area contributed by atoms with Crippen LogP contribution in [0.4, 0.5) is 5.82 Å². The van der Waals surface area contributed by atoms with Crippen molar-refractivity contribution in [3.63, 3.8) is 0 Å². The van der Waals surface area contributed by atoms with E-state index >= 15 is 0 Å². The number of aromatic nitrogens is 4. The lowest BCUT2D eigenvalue weighted by atomic mass is 10.00. The topological polar surface area (TPSA) is 59.3 Å². The SMILES string of the molecule is Cc1cnn(C)c1-c1ccc(N2CCC3CN(CC4CCOCC4)CC32)nn1. The van der Waals surface area contributed by atoms with Crippen molar-refractivity contribution in [1.82, 2.24) is 24.9 Å². The Kier molecular flexibility index (Phi) is 4.80. The number of aryl methyl sites for hydroxylation is 2. The molecule has 2 unspecified atom stereocenters. The van der Waals surface area contributed by atoms with Crippen molar-refractivity contribution in [3.05, 3.63) is 23.9 Å². The number of rotatable bonds is 4. The first-order chi connectivity index (χ1) is 13.7. The predicted molar refractivity (Wildman–Crippen MR) is 108 cm³/mol. The summed E-state index contributed by atoms with van der Waals surface area (Å²) in [5, 5.41) is 13.5. The van der Waals surface area contributed by atoms with Crippen molar-refractivity contribution in [2.75, 3.05) is 44.3 Å². The van der Waals surface area contributed by atoms with Crippen molar-refractivity contribution in [2.45, 2.75) is 32.2 Å². The summed E-state index contributed by atoms with van der Waals surface area (Å²) in [6.45, 7) is 8.66. The molecule has 0 radical (unpaired) electrons. The Morgan fingerprint density at radius 2 is 1.96 bits per heavy atom. The number of hydrogen-bond acceptors (Lipinski definition) is 6. The van der Waals surface area contributed by atoms with Gasteiger partial charge in [-0.1, -0.05) is 0 Å². The Hall–Kier alpha value is -1.99. The Balaban J connectivity index is 1.27. The van der Waals surface area contributed by atoms with Gasteiger partial charge in [0.05, 0.1) is 11.9 Å². The molecule has 7 nitrogen and oxygen atoms in total. The molecular formula is C21H30N6O. The molecule has 2 aromatic rings. The predicted octanol–water partition coefficient (Wildman–Crippen LogP) is 2.12. The second-order valence-corrected chi connectivity index (χ2v) is 8.66. The molecule has 2 aromatic heterocycles. The summed E-state index contributed by atoms with van der Waals surface area (Å²) in [6, 6.07) is 4.81. The van der Waals surface area contributed by atoms with E-state index < -0.39 is 0 Å². The van der Waals surface area contributed by atoms with Crippen molar-refractivity contribution in [3.8, 4) is 11.4 Å². The second-order valence-electron chi connectivity index (χ2n) is 8.66. The van der Waals surface area contributed by atoms with Crippen LogP contribution in [0.25, 0.3) is 11.4 Å². The largest absolute Gasteiger partial charge is 0.381 e. The number of likely N-dealkylation sites (tertiary alicyclic amines) is 1. The molecular weight excluding hydrogens is 352 g/mol. The summed E-state index contributed by atoms with van der Waals surface area (Å²) in [7, 11) is 1.95. The molecule has 7 heteroatoms. The van der Waals surface area contributed by atoms with Crippen LogP contribution in [0.5, 0.6) is 0 Å². The van der Waals surface area contributed by atoms with E-state index in [4.69, 9.17) is 4.74 Å². The van der Waals surface area contributed by atoms with E-state index in [0.717, 1.165) is 60.9 Å². The number of nitrogens with zero attached hydrogens (tertiary/aromatic N) is 6. The van der Waals surface area contributed by atoms with Gasteiger partial charge in [-0.3, -0.25) is 4.68 Å². The molecule has 2 atom stereocenters. The zero-order valence-electron chi connectivity index (χ0n) is 16.9. The number of anilines is 1.